The van der Waals surface area contributed by atoms with Gasteiger partial charge in [0.2, 0.25) is 6.79 Å². The fourth-order valence-corrected chi connectivity index (χ4v) is 3.65. The van der Waals surface area contributed by atoms with Crippen molar-refractivity contribution in [2.75, 3.05) is 13.9 Å². The van der Waals surface area contributed by atoms with Gasteiger partial charge in [-0.2, -0.15) is 0 Å². The highest BCUT2D eigenvalue weighted by Crippen LogP contribution is 2.38. The van der Waals surface area contributed by atoms with Crippen LogP contribution in [0.1, 0.15) is 21.5 Å². The molecule has 0 aliphatic carbocycles. The quantitative estimate of drug-likeness (QED) is 0.329. The Morgan fingerprint density at radius 2 is 1.35 bits per heavy atom. The van der Waals surface area contributed by atoms with Crippen LogP contribution in [0, 0.1) is 0 Å². The number of rotatable bonds is 4. The van der Waals surface area contributed by atoms with E-state index < -0.39 is 5.97 Å². The van der Waals surface area contributed by atoms with Crippen LogP contribution in [-0.4, -0.2) is 25.6 Å². The van der Waals surface area contributed by atoms with Crippen LogP contribution in [0.25, 0.3) is 10.8 Å². The summed E-state index contributed by atoms with van der Waals surface area (Å²) in [5, 5.41) is 1.75. The summed E-state index contributed by atoms with van der Waals surface area (Å²) in [6.07, 6.45) is 0. The van der Waals surface area contributed by atoms with Gasteiger partial charge in [0.15, 0.2) is 11.5 Å². The predicted molar refractivity (Wildman–Crippen MR) is 120 cm³/mol. The van der Waals surface area contributed by atoms with Crippen molar-refractivity contribution in [2.45, 2.75) is 0 Å². The molecule has 31 heavy (non-hydrogen) atoms. The van der Waals surface area contributed by atoms with Gasteiger partial charge in [-0.3, -0.25) is 0 Å². The standard InChI is InChI=1S/C26H19NO4/c1-29-26(28)21-12-19-14-23-24(31-16-30-23)15-20(19)13-22(21)27-25(17-8-4-2-5-9-17)18-10-6-3-7-11-18/h2-15H,16H2,1H3. The molecule has 152 valence electrons. The van der Waals surface area contributed by atoms with E-state index in [1.807, 2.05) is 78.9 Å². The highest BCUT2D eigenvalue weighted by Gasteiger charge is 2.19. The van der Waals surface area contributed by atoms with E-state index in [-0.39, 0.29) is 6.79 Å². The van der Waals surface area contributed by atoms with Crippen LogP contribution in [0.5, 0.6) is 11.5 Å². The molecule has 0 radical (unpaired) electrons. The molecule has 0 atom stereocenters. The van der Waals surface area contributed by atoms with Crippen molar-refractivity contribution in [2.24, 2.45) is 4.99 Å². The van der Waals surface area contributed by atoms with Crippen molar-refractivity contribution >= 4 is 28.1 Å². The van der Waals surface area contributed by atoms with Gasteiger partial charge in [-0.25, -0.2) is 9.79 Å². The number of esters is 1. The minimum atomic E-state index is -0.446. The monoisotopic (exact) mass is 409 g/mol. The first-order valence-electron chi connectivity index (χ1n) is 9.88. The smallest absolute Gasteiger partial charge is 0.340 e. The first-order chi connectivity index (χ1) is 15.2. The second-order valence-corrected chi connectivity index (χ2v) is 7.11. The molecule has 0 spiro atoms. The summed E-state index contributed by atoms with van der Waals surface area (Å²) >= 11 is 0. The van der Waals surface area contributed by atoms with Gasteiger partial charge < -0.3 is 14.2 Å². The van der Waals surface area contributed by atoms with Gasteiger partial charge >= 0.3 is 5.97 Å². The summed E-state index contributed by atoms with van der Waals surface area (Å²) in [6, 6.07) is 27.3. The lowest BCUT2D eigenvalue weighted by molar-refractivity contribution is 0.0602. The van der Waals surface area contributed by atoms with E-state index in [1.165, 1.54) is 7.11 Å². The van der Waals surface area contributed by atoms with Crippen LogP contribution in [-0.2, 0) is 4.74 Å². The zero-order chi connectivity index (χ0) is 21.2. The molecule has 1 aliphatic rings. The van der Waals surface area contributed by atoms with Crippen molar-refractivity contribution in [1.29, 1.82) is 0 Å². The first kappa shape index (κ1) is 18.9. The number of hydrogen-bond donors (Lipinski definition) is 0. The highest BCUT2D eigenvalue weighted by atomic mass is 16.7. The lowest BCUT2D eigenvalue weighted by atomic mass is 10.0. The van der Waals surface area contributed by atoms with Crippen molar-refractivity contribution in [3.8, 4) is 11.5 Å². The minimum Gasteiger partial charge on any atom is -0.465 e. The third kappa shape index (κ3) is 3.62. The maximum atomic E-state index is 12.6. The van der Waals surface area contributed by atoms with Gasteiger partial charge in [0.25, 0.3) is 0 Å². The predicted octanol–water partition coefficient (Wildman–Crippen LogP) is 5.52. The number of methoxy groups -OCH3 is 1. The van der Waals surface area contributed by atoms with Gasteiger partial charge in [0.1, 0.15) is 0 Å². The van der Waals surface area contributed by atoms with Crippen LogP contribution < -0.4 is 9.47 Å². The third-order valence-electron chi connectivity index (χ3n) is 5.18. The Morgan fingerprint density at radius 3 is 1.90 bits per heavy atom. The largest absolute Gasteiger partial charge is 0.465 e. The molecule has 0 fully saturated rings. The summed E-state index contributed by atoms with van der Waals surface area (Å²) in [7, 11) is 1.37. The number of hydrogen-bond acceptors (Lipinski definition) is 5. The molecule has 0 unspecified atom stereocenters. The molecule has 0 saturated heterocycles. The topological polar surface area (TPSA) is 57.1 Å². The normalized spacial score (nSPS) is 11.9. The lowest BCUT2D eigenvalue weighted by Crippen LogP contribution is -2.05. The van der Waals surface area contributed by atoms with Crippen molar-refractivity contribution in [3.05, 3.63) is 102 Å². The van der Waals surface area contributed by atoms with Crippen molar-refractivity contribution in [1.82, 2.24) is 0 Å². The summed E-state index contributed by atoms with van der Waals surface area (Å²) in [4.78, 5) is 17.6. The zero-order valence-electron chi connectivity index (χ0n) is 16.9. The van der Waals surface area contributed by atoms with Crippen LogP contribution >= 0.6 is 0 Å². The number of carbonyl (C=O) groups is 1. The molecule has 5 rings (SSSR count). The number of aliphatic imine (C=N–C) groups is 1. The van der Waals surface area contributed by atoms with E-state index in [4.69, 9.17) is 19.2 Å². The maximum absolute atomic E-state index is 12.6. The van der Waals surface area contributed by atoms with Crippen LogP contribution in [0.15, 0.2) is 89.9 Å². The average Bonchev–Trinajstić information content (AvgIpc) is 3.28. The van der Waals surface area contributed by atoms with Gasteiger partial charge in [-0.1, -0.05) is 60.7 Å². The van der Waals surface area contributed by atoms with Gasteiger partial charge in [-0.15, -0.1) is 0 Å². The molecule has 0 N–H and O–H groups in total. The molecule has 4 aromatic carbocycles. The molecular formula is C26H19NO4. The van der Waals surface area contributed by atoms with Crippen molar-refractivity contribution < 1.29 is 19.0 Å². The fourth-order valence-electron chi connectivity index (χ4n) is 3.65. The third-order valence-corrected chi connectivity index (χ3v) is 5.18. The second-order valence-electron chi connectivity index (χ2n) is 7.11. The SMILES string of the molecule is COC(=O)c1cc2cc3c(cc2cc1N=C(c1ccccc1)c1ccccc1)OCO3. The highest BCUT2D eigenvalue weighted by molar-refractivity contribution is 6.15. The van der Waals surface area contributed by atoms with E-state index in [9.17, 15) is 4.79 Å². The van der Waals surface area contributed by atoms with Crippen LogP contribution in [0.4, 0.5) is 5.69 Å². The number of benzene rings is 4. The van der Waals surface area contributed by atoms with Gasteiger partial charge in [-0.05, 0) is 35.0 Å². The van der Waals surface area contributed by atoms with Gasteiger partial charge in [0.05, 0.1) is 24.1 Å². The Labute approximate surface area is 179 Å². The number of fused-ring (bicyclic) bond motifs is 2. The molecule has 4 aromatic rings. The lowest BCUT2D eigenvalue weighted by Gasteiger charge is -2.11. The van der Waals surface area contributed by atoms with E-state index in [0.29, 0.717) is 22.7 Å². The number of carbonyl (C=O) groups excluding carboxylic acids is 1. The van der Waals surface area contributed by atoms with E-state index in [2.05, 4.69) is 0 Å². The Bertz CT molecular complexity index is 1260. The molecule has 0 saturated carbocycles. The number of ether oxygens (including phenoxy) is 3. The molecule has 0 aromatic heterocycles. The summed E-state index contributed by atoms with van der Waals surface area (Å²) in [6.45, 7) is 0.187. The molecule has 5 nitrogen and oxygen atoms in total. The molecule has 5 heteroatoms. The summed E-state index contributed by atoms with van der Waals surface area (Å²) in [5.74, 6) is 0.896. The first-order valence-corrected chi connectivity index (χ1v) is 9.88. The Hall–Kier alpha value is -4.12. The number of nitrogens with zero attached hydrogens (tertiary/aromatic N) is 1. The maximum Gasteiger partial charge on any atom is 0.340 e. The van der Waals surface area contributed by atoms with E-state index in [0.717, 1.165) is 27.6 Å². The molecule has 1 aliphatic heterocycles. The van der Waals surface area contributed by atoms with E-state index in [1.54, 1.807) is 6.07 Å². The van der Waals surface area contributed by atoms with Crippen LogP contribution in [0.3, 0.4) is 0 Å². The Kier molecular flexibility index (Phi) is 4.84. The Morgan fingerprint density at radius 1 is 0.806 bits per heavy atom. The molecule has 0 bridgehead atoms. The summed E-state index contributed by atoms with van der Waals surface area (Å²) < 4.78 is 16.0. The molecular weight excluding hydrogens is 390 g/mol. The molecule has 1 heterocycles. The van der Waals surface area contributed by atoms with Gasteiger partial charge in [0, 0.05) is 11.1 Å². The Balaban J connectivity index is 1.75. The molecule has 0 amide bonds. The summed E-state index contributed by atoms with van der Waals surface area (Å²) in [5.41, 5.74) is 3.59. The van der Waals surface area contributed by atoms with E-state index >= 15 is 0 Å². The second kappa shape index (κ2) is 7.95. The zero-order valence-corrected chi connectivity index (χ0v) is 16.9. The minimum absolute atomic E-state index is 0.187. The van der Waals surface area contributed by atoms with Crippen LogP contribution in [0.2, 0.25) is 0 Å². The fraction of sp³-hybridized carbons (Fsp3) is 0.0769. The average molecular weight is 409 g/mol. The van der Waals surface area contributed by atoms with Crippen molar-refractivity contribution in [3.63, 3.8) is 0 Å².